The van der Waals surface area contributed by atoms with E-state index in [-0.39, 0.29) is 11.5 Å². The lowest BCUT2D eigenvalue weighted by Crippen LogP contribution is -2.16. The van der Waals surface area contributed by atoms with Gasteiger partial charge in [0.25, 0.3) is 10.1 Å². The fourth-order valence-corrected chi connectivity index (χ4v) is 3.72. The van der Waals surface area contributed by atoms with Crippen LogP contribution in [-0.4, -0.2) is 42.9 Å². The molecule has 1 saturated heterocycles. The molecule has 1 heterocycles. The Morgan fingerprint density at radius 2 is 2.05 bits per heavy atom. The van der Waals surface area contributed by atoms with Crippen LogP contribution in [0.5, 0.6) is 0 Å². The Labute approximate surface area is 126 Å². The molecule has 3 atom stereocenters. The van der Waals surface area contributed by atoms with Gasteiger partial charge in [-0.1, -0.05) is 13.8 Å². The minimum Gasteiger partial charge on any atom is -0.382 e. The van der Waals surface area contributed by atoms with E-state index in [9.17, 15) is 13.2 Å². The van der Waals surface area contributed by atoms with Crippen molar-refractivity contribution in [1.82, 2.24) is 0 Å². The van der Waals surface area contributed by atoms with E-state index in [1.54, 1.807) is 11.8 Å². The van der Waals surface area contributed by atoms with Crippen molar-refractivity contribution in [3.63, 3.8) is 0 Å². The Hall–Kier alpha value is -0.110. The second kappa shape index (κ2) is 10.6. The monoisotopic (exact) mass is 326 g/mol. The van der Waals surface area contributed by atoms with Crippen molar-refractivity contribution in [2.24, 2.45) is 0 Å². The zero-order valence-electron chi connectivity index (χ0n) is 12.4. The first kappa shape index (κ1) is 19.9. The fourth-order valence-electron chi connectivity index (χ4n) is 1.81. The van der Waals surface area contributed by atoms with E-state index in [0.29, 0.717) is 19.3 Å². The van der Waals surface area contributed by atoms with Crippen molar-refractivity contribution in [3.8, 4) is 0 Å². The van der Waals surface area contributed by atoms with Crippen LogP contribution >= 0.6 is 11.8 Å². The predicted octanol–water partition coefficient (Wildman–Crippen LogP) is 2.33. The van der Waals surface area contributed by atoms with Crippen LogP contribution < -0.4 is 0 Å². The van der Waals surface area contributed by atoms with Crippen molar-refractivity contribution < 1.29 is 22.5 Å². The average Bonchev–Trinajstić information content (AvgIpc) is 2.80. The molecule has 0 saturated carbocycles. The SMILES string of the molecule is CCC(CCC=O)OS(C)(=O)=O.CCC1CCC(O)S1. The smallest absolute Gasteiger partial charge is 0.264 e. The van der Waals surface area contributed by atoms with E-state index in [1.165, 1.54) is 12.8 Å². The molecule has 0 aliphatic carbocycles. The normalized spacial score (nSPS) is 23.8. The quantitative estimate of drug-likeness (QED) is 0.571. The molecule has 1 N–H and O–H groups in total. The number of aldehydes is 1. The van der Waals surface area contributed by atoms with Gasteiger partial charge in [-0.3, -0.25) is 4.18 Å². The zero-order valence-corrected chi connectivity index (χ0v) is 14.1. The number of hydrogen-bond donors (Lipinski definition) is 1. The number of aliphatic hydroxyl groups is 1. The van der Waals surface area contributed by atoms with Crippen LogP contribution in [0.3, 0.4) is 0 Å². The summed E-state index contributed by atoms with van der Waals surface area (Å²) < 4.78 is 26.0. The van der Waals surface area contributed by atoms with Crippen LogP contribution in [-0.2, 0) is 19.1 Å². The average molecular weight is 326 g/mol. The van der Waals surface area contributed by atoms with E-state index in [4.69, 9.17) is 9.29 Å². The molecule has 0 aromatic rings. The van der Waals surface area contributed by atoms with Gasteiger partial charge in [0.1, 0.15) is 6.29 Å². The van der Waals surface area contributed by atoms with Crippen molar-refractivity contribution in [2.75, 3.05) is 6.26 Å². The first-order valence-corrected chi connectivity index (χ1v) is 9.73. The highest BCUT2D eigenvalue weighted by Crippen LogP contribution is 2.33. The maximum absolute atomic E-state index is 10.7. The molecule has 1 rings (SSSR count). The molecule has 0 amide bonds. The van der Waals surface area contributed by atoms with E-state index < -0.39 is 10.1 Å². The molecule has 3 unspecified atom stereocenters. The summed E-state index contributed by atoms with van der Waals surface area (Å²) in [6, 6.07) is 0. The minimum absolute atomic E-state index is 0.0556. The zero-order chi connectivity index (χ0) is 15.6. The predicted molar refractivity (Wildman–Crippen MR) is 82.2 cm³/mol. The van der Waals surface area contributed by atoms with Gasteiger partial charge in [0.15, 0.2) is 0 Å². The van der Waals surface area contributed by atoms with E-state index in [0.717, 1.165) is 24.2 Å². The van der Waals surface area contributed by atoms with Gasteiger partial charge in [-0.15, -0.1) is 11.8 Å². The van der Waals surface area contributed by atoms with Gasteiger partial charge < -0.3 is 9.90 Å². The Kier molecular flexibility index (Phi) is 10.5. The molecule has 1 aliphatic heterocycles. The van der Waals surface area contributed by atoms with Crippen LogP contribution in [0.4, 0.5) is 0 Å². The molecule has 0 aromatic heterocycles. The highest BCUT2D eigenvalue weighted by molar-refractivity contribution is 8.00. The van der Waals surface area contributed by atoms with Crippen molar-refractivity contribution >= 4 is 28.2 Å². The molecule has 0 radical (unpaired) electrons. The van der Waals surface area contributed by atoms with Gasteiger partial charge in [0, 0.05) is 11.7 Å². The third-order valence-electron chi connectivity index (χ3n) is 2.91. The number of carbonyl (C=O) groups is 1. The lowest BCUT2D eigenvalue weighted by atomic mass is 10.2. The fraction of sp³-hybridized carbons (Fsp3) is 0.923. The summed E-state index contributed by atoms with van der Waals surface area (Å²) in [7, 11) is -3.38. The first-order chi connectivity index (χ1) is 9.32. The second-order valence-corrected chi connectivity index (χ2v) is 7.86. The van der Waals surface area contributed by atoms with Crippen LogP contribution in [0, 0.1) is 0 Å². The van der Waals surface area contributed by atoms with Crippen molar-refractivity contribution in [2.45, 2.75) is 69.2 Å². The molecule has 0 aromatic carbocycles. The maximum Gasteiger partial charge on any atom is 0.264 e. The number of rotatable bonds is 7. The molecule has 0 spiro atoms. The van der Waals surface area contributed by atoms with Gasteiger partial charge in [-0.2, -0.15) is 8.42 Å². The van der Waals surface area contributed by atoms with Gasteiger partial charge in [-0.25, -0.2) is 0 Å². The molecular formula is C13H26O5S2. The van der Waals surface area contributed by atoms with Gasteiger partial charge in [0.05, 0.1) is 17.8 Å². The molecule has 5 nitrogen and oxygen atoms in total. The van der Waals surface area contributed by atoms with E-state index in [2.05, 4.69) is 6.92 Å². The van der Waals surface area contributed by atoms with Gasteiger partial charge >= 0.3 is 0 Å². The summed E-state index contributed by atoms with van der Waals surface area (Å²) in [6.45, 7) is 4.00. The number of aliphatic hydroxyl groups excluding tert-OH is 1. The highest BCUT2D eigenvalue weighted by atomic mass is 32.2. The third-order valence-corrected chi connectivity index (χ3v) is 5.04. The van der Waals surface area contributed by atoms with Gasteiger partial charge in [-0.05, 0) is 32.1 Å². The maximum atomic E-state index is 10.7. The van der Waals surface area contributed by atoms with Crippen LogP contribution in [0.1, 0.15) is 52.4 Å². The van der Waals surface area contributed by atoms with Crippen molar-refractivity contribution in [1.29, 1.82) is 0 Å². The Morgan fingerprint density at radius 3 is 2.35 bits per heavy atom. The number of hydrogen-bond acceptors (Lipinski definition) is 6. The standard InChI is InChI=1S/C7H14O4S.C6H12OS/c1-3-7(5-4-6-8)11-12(2,9)10;1-2-5-3-4-6(7)8-5/h6-7H,3-5H2,1-2H3;5-7H,2-4H2,1H3. The Balaban J connectivity index is 0.000000388. The lowest BCUT2D eigenvalue weighted by Gasteiger charge is -2.11. The summed E-state index contributed by atoms with van der Waals surface area (Å²) in [5.74, 6) is 0. The lowest BCUT2D eigenvalue weighted by molar-refractivity contribution is -0.108. The van der Waals surface area contributed by atoms with E-state index >= 15 is 0 Å². The van der Waals surface area contributed by atoms with Gasteiger partial charge in [0.2, 0.25) is 0 Å². The summed E-state index contributed by atoms with van der Waals surface area (Å²) in [5.41, 5.74) is -0.0556. The summed E-state index contributed by atoms with van der Waals surface area (Å²) >= 11 is 1.72. The van der Waals surface area contributed by atoms with Crippen LogP contribution in [0.15, 0.2) is 0 Å². The van der Waals surface area contributed by atoms with E-state index in [1.807, 2.05) is 6.92 Å². The largest absolute Gasteiger partial charge is 0.382 e. The van der Waals surface area contributed by atoms with Crippen LogP contribution in [0.25, 0.3) is 0 Å². The molecule has 7 heteroatoms. The minimum atomic E-state index is -3.38. The molecular weight excluding hydrogens is 300 g/mol. The summed E-state index contributed by atoms with van der Waals surface area (Å²) in [5, 5.41) is 9.73. The topological polar surface area (TPSA) is 80.7 Å². The third kappa shape index (κ3) is 10.7. The molecule has 0 bridgehead atoms. The second-order valence-electron chi connectivity index (χ2n) is 4.77. The molecule has 20 heavy (non-hydrogen) atoms. The first-order valence-electron chi connectivity index (χ1n) is 6.97. The Bertz CT molecular complexity index is 356. The highest BCUT2D eigenvalue weighted by Gasteiger charge is 2.20. The molecule has 1 aliphatic rings. The molecule has 120 valence electrons. The summed E-state index contributed by atoms with van der Waals surface area (Å²) in [4.78, 5) is 9.99. The number of carbonyl (C=O) groups excluding carboxylic acids is 1. The molecule has 1 fully saturated rings. The number of thioether (sulfide) groups is 1. The summed E-state index contributed by atoms with van der Waals surface area (Å²) in [6.07, 6.45) is 6.24. The van der Waals surface area contributed by atoms with Crippen LogP contribution in [0.2, 0.25) is 0 Å². The Morgan fingerprint density at radius 1 is 1.40 bits per heavy atom. The van der Waals surface area contributed by atoms with Crippen molar-refractivity contribution in [3.05, 3.63) is 0 Å².